The highest BCUT2D eigenvalue weighted by Gasteiger charge is 2.44. The van der Waals surface area contributed by atoms with Crippen molar-refractivity contribution in [1.82, 2.24) is 14.6 Å². The fraction of sp³-hybridized carbons (Fsp3) is 0.360. The second-order valence-electron chi connectivity index (χ2n) is 8.26. The van der Waals surface area contributed by atoms with Crippen LogP contribution in [0.3, 0.4) is 0 Å². The van der Waals surface area contributed by atoms with Gasteiger partial charge in [-0.1, -0.05) is 72.2 Å². The second-order valence-corrected chi connectivity index (χ2v) is 8.82. The van der Waals surface area contributed by atoms with Gasteiger partial charge in [0, 0.05) is 24.8 Å². The molecule has 6 nitrogen and oxygen atoms in total. The Morgan fingerprint density at radius 1 is 1.12 bits per heavy atom. The molecular formula is C25H30BrN3O3. The van der Waals surface area contributed by atoms with Crippen molar-refractivity contribution in [2.45, 2.75) is 27.0 Å². The SMILES string of the molecule is CCON(C)C(=O)C(C(Oc1ccc(-c2ccccc2)cc1)n1ccnc1)C(C)(C)CBr. The molecule has 0 aliphatic rings. The van der Waals surface area contributed by atoms with Crippen molar-refractivity contribution in [3.63, 3.8) is 0 Å². The molecule has 0 saturated carbocycles. The van der Waals surface area contributed by atoms with Crippen molar-refractivity contribution in [2.24, 2.45) is 11.3 Å². The highest BCUT2D eigenvalue weighted by Crippen LogP contribution is 2.39. The molecule has 1 heterocycles. The van der Waals surface area contributed by atoms with Gasteiger partial charge in [-0.2, -0.15) is 0 Å². The van der Waals surface area contributed by atoms with Gasteiger partial charge in [-0.25, -0.2) is 10.0 Å². The minimum Gasteiger partial charge on any atom is -0.469 e. The molecule has 0 saturated heterocycles. The maximum absolute atomic E-state index is 13.5. The summed E-state index contributed by atoms with van der Waals surface area (Å²) in [5.41, 5.74) is 1.81. The summed E-state index contributed by atoms with van der Waals surface area (Å²) in [5.74, 6) is -0.0250. The smallest absolute Gasteiger partial charge is 0.255 e. The third-order valence-corrected chi connectivity index (χ3v) is 6.85. The molecule has 0 fully saturated rings. The first-order valence-electron chi connectivity index (χ1n) is 10.6. The van der Waals surface area contributed by atoms with E-state index in [1.165, 1.54) is 5.06 Å². The van der Waals surface area contributed by atoms with Gasteiger partial charge < -0.3 is 9.30 Å². The largest absolute Gasteiger partial charge is 0.469 e. The van der Waals surface area contributed by atoms with Crippen molar-refractivity contribution in [3.8, 4) is 16.9 Å². The van der Waals surface area contributed by atoms with E-state index in [9.17, 15) is 4.79 Å². The molecule has 1 aromatic heterocycles. The number of hydrogen-bond acceptors (Lipinski definition) is 4. The number of benzene rings is 2. The van der Waals surface area contributed by atoms with Crippen molar-refractivity contribution in [1.29, 1.82) is 0 Å². The Hall–Kier alpha value is -2.64. The van der Waals surface area contributed by atoms with Crippen LogP contribution in [0.4, 0.5) is 0 Å². The fourth-order valence-corrected chi connectivity index (χ4v) is 3.94. The lowest BCUT2D eigenvalue weighted by atomic mass is 9.78. The third kappa shape index (κ3) is 5.58. The summed E-state index contributed by atoms with van der Waals surface area (Å²) >= 11 is 3.59. The number of nitrogens with zero attached hydrogens (tertiary/aromatic N) is 3. The van der Waals surface area contributed by atoms with E-state index in [2.05, 4.69) is 33.0 Å². The summed E-state index contributed by atoms with van der Waals surface area (Å²) in [4.78, 5) is 23.2. The van der Waals surface area contributed by atoms with E-state index >= 15 is 0 Å². The zero-order chi connectivity index (χ0) is 23.1. The van der Waals surface area contributed by atoms with Gasteiger partial charge in [0.1, 0.15) is 11.7 Å². The number of carbonyl (C=O) groups excluding carboxylic acids is 1. The number of ether oxygens (including phenoxy) is 1. The molecule has 170 valence electrons. The quantitative estimate of drug-likeness (QED) is 0.270. The van der Waals surface area contributed by atoms with Crippen LogP contribution in [0, 0.1) is 11.3 Å². The number of alkyl halides is 1. The zero-order valence-corrected chi connectivity index (χ0v) is 20.5. The van der Waals surface area contributed by atoms with E-state index in [4.69, 9.17) is 9.57 Å². The maximum atomic E-state index is 13.5. The topological polar surface area (TPSA) is 56.6 Å². The molecule has 0 N–H and O–H groups in total. The Morgan fingerprint density at radius 2 is 1.78 bits per heavy atom. The molecule has 0 bridgehead atoms. The minimum atomic E-state index is -0.608. The third-order valence-electron chi connectivity index (χ3n) is 5.41. The summed E-state index contributed by atoms with van der Waals surface area (Å²) < 4.78 is 8.28. The van der Waals surface area contributed by atoms with Crippen LogP contribution in [0.5, 0.6) is 5.75 Å². The molecule has 0 aliphatic carbocycles. The number of carbonyl (C=O) groups is 1. The molecule has 3 rings (SSSR count). The highest BCUT2D eigenvalue weighted by atomic mass is 79.9. The van der Waals surface area contributed by atoms with E-state index in [1.54, 1.807) is 19.6 Å². The number of rotatable bonds is 10. The maximum Gasteiger partial charge on any atom is 0.255 e. The highest BCUT2D eigenvalue weighted by molar-refractivity contribution is 9.09. The minimum absolute atomic E-state index is 0.157. The van der Waals surface area contributed by atoms with Crippen LogP contribution in [-0.2, 0) is 9.63 Å². The van der Waals surface area contributed by atoms with Crippen LogP contribution in [0.2, 0.25) is 0 Å². The average molecular weight is 500 g/mol. The standard InChI is InChI=1S/C25H30BrN3O3/c1-5-31-28(4)23(30)22(25(2,3)17-26)24(29-16-15-27-18-29)32-21-13-11-20(12-14-21)19-9-7-6-8-10-19/h6-16,18,22,24H,5,17H2,1-4H3. The van der Waals surface area contributed by atoms with E-state index < -0.39 is 17.6 Å². The number of halogens is 1. The van der Waals surface area contributed by atoms with Crippen molar-refractivity contribution < 1.29 is 14.4 Å². The Labute approximate surface area is 198 Å². The lowest BCUT2D eigenvalue weighted by molar-refractivity contribution is -0.191. The molecule has 0 radical (unpaired) electrons. The first kappa shape index (κ1) is 24.0. The van der Waals surface area contributed by atoms with E-state index in [1.807, 2.05) is 74.0 Å². The summed E-state index contributed by atoms with van der Waals surface area (Å²) in [5, 5.41) is 1.92. The molecule has 0 aliphatic heterocycles. The Kier molecular flexibility index (Phi) is 8.10. The van der Waals surface area contributed by atoms with Gasteiger partial charge in [-0.05, 0) is 35.6 Å². The predicted octanol–water partition coefficient (Wildman–Crippen LogP) is 5.57. The molecule has 0 spiro atoms. The Bertz CT molecular complexity index is 975. The van der Waals surface area contributed by atoms with Gasteiger partial charge in [-0.15, -0.1) is 0 Å². The van der Waals surface area contributed by atoms with Gasteiger partial charge in [0.05, 0.1) is 12.9 Å². The van der Waals surface area contributed by atoms with Gasteiger partial charge in [-0.3, -0.25) is 9.63 Å². The van der Waals surface area contributed by atoms with Gasteiger partial charge >= 0.3 is 0 Å². The molecule has 2 unspecified atom stereocenters. The molecule has 2 atom stereocenters. The average Bonchev–Trinajstić information content (AvgIpc) is 3.34. The summed E-state index contributed by atoms with van der Waals surface area (Å²) in [6.45, 7) is 6.33. The van der Waals surface area contributed by atoms with Gasteiger partial charge in [0.25, 0.3) is 5.91 Å². The van der Waals surface area contributed by atoms with Gasteiger partial charge in [0.2, 0.25) is 0 Å². The van der Waals surface area contributed by atoms with Crippen molar-refractivity contribution >= 4 is 21.8 Å². The van der Waals surface area contributed by atoms with E-state index in [-0.39, 0.29) is 5.91 Å². The molecule has 1 amide bonds. The number of imidazole rings is 1. The molecule has 2 aromatic carbocycles. The van der Waals surface area contributed by atoms with Gasteiger partial charge in [0.15, 0.2) is 6.23 Å². The van der Waals surface area contributed by atoms with Crippen LogP contribution in [0.15, 0.2) is 73.3 Å². The molecule has 32 heavy (non-hydrogen) atoms. The van der Waals surface area contributed by atoms with E-state index in [0.717, 1.165) is 11.1 Å². The number of amides is 1. The lowest BCUT2D eigenvalue weighted by Crippen LogP contribution is -2.47. The van der Waals surface area contributed by atoms with Crippen LogP contribution in [0.1, 0.15) is 27.0 Å². The molecule has 7 heteroatoms. The summed E-state index contributed by atoms with van der Waals surface area (Å²) in [7, 11) is 1.64. The monoisotopic (exact) mass is 499 g/mol. The second kappa shape index (κ2) is 10.8. The summed E-state index contributed by atoms with van der Waals surface area (Å²) in [6, 6.07) is 18.1. The Balaban J connectivity index is 1.95. The van der Waals surface area contributed by atoms with Crippen LogP contribution in [0.25, 0.3) is 11.1 Å². The van der Waals surface area contributed by atoms with Crippen LogP contribution >= 0.6 is 15.9 Å². The zero-order valence-electron chi connectivity index (χ0n) is 18.9. The van der Waals surface area contributed by atoms with Crippen LogP contribution < -0.4 is 4.74 Å². The lowest BCUT2D eigenvalue weighted by Gasteiger charge is -2.39. The number of aromatic nitrogens is 2. The first-order valence-corrected chi connectivity index (χ1v) is 11.8. The van der Waals surface area contributed by atoms with E-state index in [0.29, 0.717) is 17.7 Å². The first-order chi connectivity index (χ1) is 15.4. The summed E-state index contributed by atoms with van der Waals surface area (Å²) in [6.07, 6.45) is 4.56. The van der Waals surface area contributed by atoms with Crippen molar-refractivity contribution in [3.05, 3.63) is 73.3 Å². The van der Waals surface area contributed by atoms with Crippen LogP contribution in [-0.4, -0.2) is 39.5 Å². The normalized spacial score (nSPS) is 13.4. The van der Waals surface area contributed by atoms with Crippen molar-refractivity contribution in [2.75, 3.05) is 19.0 Å². The number of hydrogen-bond donors (Lipinski definition) is 0. The molecular weight excluding hydrogens is 470 g/mol. The Morgan fingerprint density at radius 3 is 2.34 bits per heavy atom. The predicted molar refractivity (Wildman–Crippen MR) is 129 cm³/mol. The number of hydroxylamine groups is 2. The molecule has 3 aromatic rings. The fourth-order valence-electron chi connectivity index (χ4n) is 3.60.